The molecule has 2 N–H and O–H groups in total. The van der Waals surface area contributed by atoms with Crippen molar-refractivity contribution in [3.8, 4) is 11.5 Å². The Morgan fingerprint density at radius 3 is 2.54 bits per heavy atom. The van der Waals surface area contributed by atoms with Gasteiger partial charge in [-0.25, -0.2) is 0 Å². The van der Waals surface area contributed by atoms with Gasteiger partial charge in [-0.05, 0) is 24.1 Å². The molecule has 0 aromatic heterocycles. The van der Waals surface area contributed by atoms with Crippen LogP contribution in [0.15, 0.2) is 48.5 Å². The number of carbonyl (C=O) groups is 2. The average Bonchev–Trinajstić information content (AvgIpc) is 2.66. The zero-order valence-corrected chi connectivity index (χ0v) is 14.7. The van der Waals surface area contributed by atoms with E-state index in [1.54, 1.807) is 18.2 Å². The lowest BCUT2D eigenvalue weighted by Crippen LogP contribution is -2.36. The second-order valence-corrected chi connectivity index (χ2v) is 6.22. The number of ether oxygens (including phenoxy) is 2. The molecule has 0 saturated heterocycles. The van der Waals surface area contributed by atoms with Crippen molar-refractivity contribution < 1.29 is 19.1 Å². The molecule has 1 heterocycles. The number of rotatable bonds is 6. The van der Waals surface area contributed by atoms with Crippen LogP contribution in [0.25, 0.3) is 0 Å². The Morgan fingerprint density at radius 2 is 1.77 bits per heavy atom. The van der Waals surface area contributed by atoms with Crippen LogP contribution in [0.3, 0.4) is 0 Å². The van der Waals surface area contributed by atoms with E-state index in [9.17, 15) is 9.59 Å². The molecule has 26 heavy (non-hydrogen) atoms. The summed E-state index contributed by atoms with van der Waals surface area (Å²) in [5.41, 5.74) is 1.70. The molecule has 0 radical (unpaired) electrons. The number of benzene rings is 2. The highest BCUT2D eigenvalue weighted by molar-refractivity contribution is 5.95. The summed E-state index contributed by atoms with van der Waals surface area (Å²) in [6.45, 7) is 2.78. The SMILES string of the molecule is CC(Cc1ccccc1)C(=O)NCC(=O)Nc1ccc2c(c1)OCCO2. The fraction of sp³-hybridized carbons (Fsp3) is 0.300. The van der Waals surface area contributed by atoms with Crippen molar-refractivity contribution in [1.29, 1.82) is 0 Å². The van der Waals surface area contributed by atoms with Gasteiger partial charge >= 0.3 is 0 Å². The van der Waals surface area contributed by atoms with E-state index in [4.69, 9.17) is 9.47 Å². The Bertz CT molecular complexity index is 777. The number of amides is 2. The van der Waals surface area contributed by atoms with Gasteiger partial charge in [0.15, 0.2) is 11.5 Å². The van der Waals surface area contributed by atoms with E-state index in [1.165, 1.54) is 0 Å². The highest BCUT2D eigenvalue weighted by Crippen LogP contribution is 2.32. The van der Waals surface area contributed by atoms with Crippen molar-refractivity contribution in [2.75, 3.05) is 25.1 Å². The van der Waals surface area contributed by atoms with E-state index < -0.39 is 0 Å². The number of nitrogens with one attached hydrogen (secondary N) is 2. The third kappa shape index (κ3) is 4.75. The highest BCUT2D eigenvalue weighted by Gasteiger charge is 2.16. The van der Waals surface area contributed by atoms with Crippen LogP contribution in [-0.4, -0.2) is 31.6 Å². The third-order valence-electron chi connectivity index (χ3n) is 4.08. The molecule has 0 bridgehead atoms. The minimum atomic E-state index is -0.290. The van der Waals surface area contributed by atoms with Crippen LogP contribution in [0.5, 0.6) is 11.5 Å². The number of carbonyl (C=O) groups excluding carboxylic acids is 2. The largest absolute Gasteiger partial charge is 0.486 e. The third-order valence-corrected chi connectivity index (χ3v) is 4.08. The summed E-state index contributed by atoms with van der Waals surface area (Å²) in [6, 6.07) is 15.0. The van der Waals surface area contributed by atoms with Gasteiger partial charge in [-0.3, -0.25) is 9.59 Å². The van der Waals surface area contributed by atoms with Gasteiger partial charge in [0.1, 0.15) is 13.2 Å². The van der Waals surface area contributed by atoms with Crippen molar-refractivity contribution in [2.45, 2.75) is 13.3 Å². The molecule has 1 aliphatic rings. The van der Waals surface area contributed by atoms with Gasteiger partial charge in [-0.15, -0.1) is 0 Å². The molecule has 1 atom stereocenters. The molecule has 3 rings (SSSR count). The molecule has 1 aliphatic heterocycles. The maximum Gasteiger partial charge on any atom is 0.243 e. The molecule has 0 aliphatic carbocycles. The molecule has 136 valence electrons. The smallest absolute Gasteiger partial charge is 0.243 e. The Morgan fingerprint density at radius 1 is 1.04 bits per heavy atom. The second kappa shape index (κ2) is 8.38. The molecular formula is C20H22N2O4. The molecule has 0 saturated carbocycles. The van der Waals surface area contributed by atoms with E-state index in [2.05, 4.69) is 10.6 Å². The fourth-order valence-corrected chi connectivity index (χ4v) is 2.73. The van der Waals surface area contributed by atoms with E-state index in [0.717, 1.165) is 5.56 Å². The summed E-state index contributed by atoms with van der Waals surface area (Å²) >= 11 is 0. The van der Waals surface area contributed by atoms with E-state index >= 15 is 0 Å². The Kier molecular flexibility index (Phi) is 5.73. The molecule has 2 aromatic rings. The van der Waals surface area contributed by atoms with Crippen LogP contribution in [-0.2, 0) is 16.0 Å². The molecule has 6 heteroatoms. The first-order chi connectivity index (χ1) is 12.6. The van der Waals surface area contributed by atoms with Gasteiger partial charge in [-0.1, -0.05) is 37.3 Å². The number of anilines is 1. The maximum atomic E-state index is 12.2. The quantitative estimate of drug-likeness (QED) is 0.835. The standard InChI is InChI=1S/C20H22N2O4/c1-14(11-15-5-3-2-4-6-15)20(24)21-13-19(23)22-16-7-8-17-18(12-16)26-10-9-25-17/h2-8,12,14H,9-11,13H2,1H3,(H,21,24)(H,22,23). The van der Waals surface area contributed by atoms with E-state index in [-0.39, 0.29) is 24.3 Å². The van der Waals surface area contributed by atoms with Gasteiger partial charge in [0.2, 0.25) is 11.8 Å². The van der Waals surface area contributed by atoms with Crippen LogP contribution < -0.4 is 20.1 Å². The van der Waals surface area contributed by atoms with Crippen LogP contribution in [0.1, 0.15) is 12.5 Å². The molecular weight excluding hydrogens is 332 g/mol. The van der Waals surface area contributed by atoms with E-state index in [1.807, 2.05) is 37.3 Å². The average molecular weight is 354 g/mol. The lowest BCUT2D eigenvalue weighted by molar-refractivity contribution is -0.126. The Hall–Kier alpha value is -3.02. The van der Waals surface area contributed by atoms with Gasteiger partial charge in [0.25, 0.3) is 0 Å². The number of fused-ring (bicyclic) bond motifs is 1. The predicted octanol–water partition coefficient (Wildman–Crippen LogP) is 2.39. The number of hydrogen-bond acceptors (Lipinski definition) is 4. The molecule has 0 fully saturated rings. The van der Waals surface area contributed by atoms with Crippen molar-refractivity contribution in [1.82, 2.24) is 5.32 Å². The zero-order chi connectivity index (χ0) is 18.4. The first-order valence-electron chi connectivity index (χ1n) is 8.63. The Labute approximate surface area is 152 Å². The first kappa shape index (κ1) is 17.8. The van der Waals surface area contributed by atoms with Crippen molar-refractivity contribution in [3.05, 3.63) is 54.1 Å². The maximum absolute atomic E-state index is 12.2. The summed E-state index contributed by atoms with van der Waals surface area (Å²) < 4.78 is 10.9. The van der Waals surface area contributed by atoms with Crippen molar-refractivity contribution in [2.24, 2.45) is 5.92 Å². The highest BCUT2D eigenvalue weighted by atomic mass is 16.6. The van der Waals surface area contributed by atoms with Crippen LogP contribution in [0.4, 0.5) is 5.69 Å². The second-order valence-electron chi connectivity index (χ2n) is 6.22. The minimum Gasteiger partial charge on any atom is -0.486 e. The van der Waals surface area contributed by atoms with Crippen LogP contribution in [0, 0.1) is 5.92 Å². The lowest BCUT2D eigenvalue weighted by atomic mass is 10.0. The fourth-order valence-electron chi connectivity index (χ4n) is 2.73. The molecule has 1 unspecified atom stereocenters. The Balaban J connectivity index is 1.47. The summed E-state index contributed by atoms with van der Waals surface area (Å²) in [4.78, 5) is 24.2. The van der Waals surface area contributed by atoms with E-state index in [0.29, 0.717) is 36.8 Å². The summed E-state index contributed by atoms with van der Waals surface area (Å²) in [5.74, 6) is 0.625. The molecule has 0 spiro atoms. The van der Waals surface area contributed by atoms with Gasteiger partial charge < -0.3 is 20.1 Å². The summed E-state index contributed by atoms with van der Waals surface area (Å²) in [6.07, 6.45) is 0.635. The molecule has 2 amide bonds. The molecule has 2 aromatic carbocycles. The normalized spacial score (nSPS) is 13.6. The topological polar surface area (TPSA) is 76.7 Å². The monoisotopic (exact) mass is 354 g/mol. The van der Waals surface area contributed by atoms with Gasteiger partial charge in [0.05, 0.1) is 6.54 Å². The van der Waals surface area contributed by atoms with Crippen molar-refractivity contribution in [3.63, 3.8) is 0 Å². The lowest BCUT2D eigenvalue weighted by Gasteiger charge is -2.19. The van der Waals surface area contributed by atoms with Crippen molar-refractivity contribution >= 4 is 17.5 Å². The number of hydrogen-bond donors (Lipinski definition) is 2. The summed E-state index contributed by atoms with van der Waals surface area (Å²) in [5, 5.41) is 5.42. The minimum absolute atomic E-state index is 0.0770. The van der Waals surface area contributed by atoms with Gasteiger partial charge in [0, 0.05) is 17.7 Å². The van der Waals surface area contributed by atoms with Crippen LogP contribution >= 0.6 is 0 Å². The summed E-state index contributed by atoms with van der Waals surface area (Å²) in [7, 11) is 0. The molecule has 6 nitrogen and oxygen atoms in total. The van der Waals surface area contributed by atoms with Crippen LogP contribution in [0.2, 0.25) is 0 Å². The zero-order valence-electron chi connectivity index (χ0n) is 14.7. The van der Waals surface area contributed by atoms with Gasteiger partial charge in [-0.2, -0.15) is 0 Å². The predicted molar refractivity (Wildman–Crippen MR) is 98.4 cm³/mol. The first-order valence-corrected chi connectivity index (χ1v) is 8.63.